The highest BCUT2D eigenvalue weighted by Gasteiger charge is 2.25. The van der Waals surface area contributed by atoms with Crippen LogP contribution in [-0.4, -0.2) is 9.59 Å². The van der Waals surface area contributed by atoms with Crippen molar-refractivity contribution in [2.75, 3.05) is 0 Å². The van der Waals surface area contributed by atoms with Crippen molar-refractivity contribution in [2.24, 2.45) is 5.73 Å². The molecule has 0 saturated heterocycles. The van der Waals surface area contributed by atoms with Crippen LogP contribution in [-0.2, 0) is 11.8 Å². The fraction of sp³-hybridized carbons (Fsp3) is 0.500. The Morgan fingerprint density at radius 2 is 2.24 bits per heavy atom. The molecule has 2 aromatic heterocycles. The Labute approximate surface area is 105 Å². The molecular formula is C12H17N3OS. The van der Waals surface area contributed by atoms with Gasteiger partial charge >= 0.3 is 0 Å². The summed E-state index contributed by atoms with van der Waals surface area (Å²) in [7, 11) is 0. The molecule has 2 aromatic rings. The maximum atomic E-state index is 6.20. The molecule has 0 bridgehead atoms. The molecule has 0 amide bonds. The molecule has 2 heterocycles. The maximum Gasteiger partial charge on any atom is 0.105 e. The first-order valence-corrected chi connectivity index (χ1v) is 6.36. The van der Waals surface area contributed by atoms with Crippen LogP contribution in [0.1, 0.15) is 43.1 Å². The van der Waals surface area contributed by atoms with Crippen molar-refractivity contribution in [3.05, 3.63) is 34.7 Å². The summed E-state index contributed by atoms with van der Waals surface area (Å²) in [5.74, 6) is 0.894. The minimum atomic E-state index is -0.102. The number of hydrogen-bond donors (Lipinski definition) is 1. The molecule has 0 radical (unpaired) electrons. The Hall–Kier alpha value is -1.20. The quantitative estimate of drug-likeness (QED) is 0.910. The monoisotopic (exact) mass is 251 g/mol. The fourth-order valence-electron chi connectivity index (χ4n) is 1.70. The van der Waals surface area contributed by atoms with E-state index >= 15 is 0 Å². The molecule has 0 fully saturated rings. The molecule has 4 nitrogen and oxygen atoms in total. The lowest BCUT2D eigenvalue weighted by molar-refractivity contribution is 0.484. The highest BCUT2D eigenvalue weighted by molar-refractivity contribution is 7.05. The average molecular weight is 251 g/mol. The average Bonchev–Trinajstić information content (AvgIpc) is 2.85. The number of nitrogens with zero attached hydrogens (tertiary/aromatic N) is 2. The summed E-state index contributed by atoms with van der Waals surface area (Å²) in [6.07, 6.45) is 2.34. The summed E-state index contributed by atoms with van der Waals surface area (Å²) in [6.45, 7) is 6.35. The van der Waals surface area contributed by atoms with E-state index in [1.807, 2.05) is 12.1 Å². The molecule has 0 spiro atoms. The van der Waals surface area contributed by atoms with E-state index in [4.69, 9.17) is 10.2 Å². The summed E-state index contributed by atoms with van der Waals surface area (Å²) >= 11 is 1.38. The van der Waals surface area contributed by atoms with Crippen LogP contribution in [0.15, 0.2) is 22.8 Å². The van der Waals surface area contributed by atoms with E-state index in [1.54, 1.807) is 6.26 Å². The summed E-state index contributed by atoms with van der Waals surface area (Å²) in [5, 5.41) is 4.20. The first-order valence-electron chi connectivity index (χ1n) is 5.59. The van der Waals surface area contributed by atoms with Crippen molar-refractivity contribution in [2.45, 2.75) is 38.6 Å². The second kappa shape index (κ2) is 4.58. The minimum absolute atomic E-state index is 0.0247. The van der Waals surface area contributed by atoms with Gasteiger partial charge in [-0.1, -0.05) is 25.3 Å². The Kier molecular flexibility index (Phi) is 3.31. The number of aromatic nitrogens is 2. The van der Waals surface area contributed by atoms with Crippen LogP contribution < -0.4 is 5.73 Å². The maximum absolute atomic E-state index is 6.20. The smallest absolute Gasteiger partial charge is 0.105 e. The summed E-state index contributed by atoms with van der Waals surface area (Å²) in [6, 6.07) is 3.71. The van der Waals surface area contributed by atoms with Crippen LogP contribution >= 0.6 is 11.5 Å². The number of furan rings is 1. The van der Waals surface area contributed by atoms with Gasteiger partial charge in [-0.3, -0.25) is 0 Å². The lowest BCUT2D eigenvalue weighted by Crippen LogP contribution is -2.20. The molecule has 0 aliphatic heterocycles. The molecule has 0 aliphatic carbocycles. The zero-order valence-corrected chi connectivity index (χ0v) is 11.1. The Morgan fingerprint density at radius 1 is 1.47 bits per heavy atom. The lowest BCUT2D eigenvalue weighted by atomic mass is 9.89. The molecule has 1 unspecified atom stereocenters. The second-order valence-corrected chi connectivity index (χ2v) is 5.91. The van der Waals surface area contributed by atoms with Gasteiger partial charge < -0.3 is 10.2 Å². The van der Waals surface area contributed by atoms with E-state index in [-0.39, 0.29) is 11.5 Å². The SMILES string of the molecule is CC(C)(C)c1nnsc1C(N)Cc1ccco1. The predicted octanol–water partition coefficient (Wildman–Crippen LogP) is 2.67. The molecule has 92 valence electrons. The van der Waals surface area contributed by atoms with Crippen LogP contribution in [0.4, 0.5) is 0 Å². The molecule has 0 saturated carbocycles. The van der Waals surface area contributed by atoms with Crippen LogP contribution in [0.25, 0.3) is 0 Å². The van der Waals surface area contributed by atoms with Gasteiger partial charge in [-0.05, 0) is 23.7 Å². The van der Waals surface area contributed by atoms with Crippen molar-refractivity contribution < 1.29 is 4.42 Å². The van der Waals surface area contributed by atoms with Crippen LogP contribution in [0.5, 0.6) is 0 Å². The summed E-state index contributed by atoms with van der Waals surface area (Å²) in [4.78, 5) is 1.05. The van der Waals surface area contributed by atoms with Crippen LogP contribution in [0.2, 0.25) is 0 Å². The van der Waals surface area contributed by atoms with E-state index in [0.717, 1.165) is 16.3 Å². The predicted molar refractivity (Wildman–Crippen MR) is 67.9 cm³/mol. The molecule has 0 aromatic carbocycles. The van der Waals surface area contributed by atoms with Gasteiger partial charge in [0.2, 0.25) is 0 Å². The van der Waals surface area contributed by atoms with E-state index < -0.39 is 0 Å². The van der Waals surface area contributed by atoms with Crippen molar-refractivity contribution >= 4 is 11.5 Å². The zero-order chi connectivity index (χ0) is 12.5. The van der Waals surface area contributed by atoms with Crippen LogP contribution in [0.3, 0.4) is 0 Å². The van der Waals surface area contributed by atoms with Crippen LogP contribution in [0, 0.1) is 0 Å². The third-order valence-corrected chi connectivity index (χ3v) is 3.42. The van der Waals surface area contributed by atoms with Gasteiger partial charge in [0, 0.05) is 17.9 Å². The third kappa shape index (κ3) is 2.73. The molecular weight excluding hydrogens is 234 g/mol. The lowest BCUT2D eigenvalue weighted by Gasteiger charge is -2.18. The third-order valence-electron chi connectivity index (χ3n) is 2.56. The number of nitrogens with two attached hydrogens (primary N) is 1. The van der Waals surface area contributed by atoms with Gasteiger partial charge in [0.15, 0.2) is 0 Å². The van der Waals surface area contributed by atoms with Gasteiger partial charge in [-0.2, -0.15) is 0 Å². The Morgan fingerprint density at radius 3 is 2.82 bits per heavy atom. The van der Waals surface area contributed by atoms with Crippen molar-refractivity contribution in [3.8, 4) is 0 Å². The number of hydrogen-bond acceptors (Lipinski definition) is 5. The normalized spacial score (nSPS) is 13.9. The Bertz CT molecular complexity index is 470. The molecule has 0 aliphatic rings. The van der Waals surface area contributed by atoms with Gasteiger partial charge in [-0.15, -0.1) is 5.10 Å². The molecule has 5 heteroatoms. The van der Waals surface area contributed by atoms with E-state index in [2.05, 4.69) is 30.4 Å². The van der Waals surface area contributed by atoms with Crippen molar-refractivity contribution in [1.29, 1.82) is 0 Å². The van der Waals surface area contributed by atoms with Gasteiger partial charge in [-0.25, -0.2) is 0 Å². The first-order chi connectivity index (χ1) is 7.98. The molecule has 2 N–H and O–H groups in total. The fourth-order valence-corrected chi connectivity index (χ4v) is 2.56. The number of rotatable bonds is 3. The van der Waals surface area contributed by atoms with Crippen molar-refractivity contribution in [3.63, 3.8) is 0 Å². The van der Waals surface area contributed by atoms with Gasteiger partial charge in [0.25, 0.3) is 0 Å². The zero-order valence-electron chi connectivity index (χ0n) is 10.3. The van der Waals surface area contributed by atoms with E-state index in [9.17, 15) is 0 Å². The molecule has 2 rings (SSSR count). The minimum Gasteiger partial charge on any atom is -0.469 e. The summed E-state index contributed by atoms with van der Waals surface area (Å²) < 4.78 is 9.33. The van der Waals surface area contributed by atoms with Gasteiger partial charge in [0.05, 0.1) is 16.8 Å². The van der Waals surface area contributed by atoms with Crippen molar-refractivity contribution in [1.82, 2.24) is 9.59 Å². The first kappa shape index (κ1) is 12.3. The highest BCUT2D eigenvalue weighted by atomic mass is 32.1. The highest BCUT2D eigenvalue weighted by Crippen LogP contribution is 2.30. The standard InChI is InChI=1S/C12H17N3OS/c1-12(2,3)11-10(17-15-14-11)9(13)7-8-5-4-6-16-8/h4-6,9H,7,13H2,1-3H3. The Balaban J connectivity index is 2.20. The topological polar surface area (TPSA) is 64.9 Å². The molecule has 17 heavy (non-hydrogen) atoms. The van der Waals surface area contributed by atoms with E-state index in [1.165, 1.54) is 11.5 Å². The molecule has 1 atom stereocenters. The van der Waals surface area contributed by atoms with Gasteiger partial charge in [0.1, 0.15) is 5.76 Å². The largest absolute Gasteiger partial charge is 0.469 e. The second-order valence-electron chi connectivity index (χ2n) is 5.13. The summed E-state index contributed by atoms with van der Waals surface area (Å²) in [5.41, 5.74) is 7.16. The van der Waals surface area contributed by atoms with E-state index in [0.29, 0.717) is 6.42 Å².